The Balaban J connectivity index is 0.000000115. The van der Waals surface area contributed by atoms with E-state index in [2.05, 4.69) is 373 Å². The second kappa shape index (κ2) is 45.8. The number of H-pyrrole nitrogens is 1. The summed E-state index contributed by atoms with van der Waals surface area (Å²) in [5.41, 5.74) is 23.6. The van der Waals surface area contributed by atoms with Gasteiger partial charge in [0.2, 0.25) is 5.52 Å². The van der Waals surface area contributed by atoms with Crippen molar-refractivity contribution in [2.24, 2.45) is 0 Å². The van der Waals surface area contributed by atoms with E-state index in [0.29, 0.717) is 5.52 Å². The SMILES string of the molecule is Cc1cccnc1-c1[c-]cccc1.Cc1cccnc1-c1[c-]cccc1.Cc1cccnc1-c1[c-]cccc1.[AlH][O]c1cccc2cccnc12.[Ir+3].[Li+].[O-]c1cccc2ccc[nH+]c12.c1cc(-c2ccc3c4ccccc4c4ccccc4c3c2)cc(-c2cccc3c2sc2ccccc23)c1.c1ccc2cc(-c3ccc(-c4ccc5ccccc5c4)c4cc5cc(-c6nccc7c6sc6ccccc67)ccc5cc34)ccc2c1. The fraction of sp³-hybridized carbons (Fsp3) is 0.0222. The Labute approximate surface area is 901 Å². The molecular weight excluding hydrogens is 2030 g/mol. The van der Waals surface area contributed by atoms with Gasteiger partial charge >= 0.3 is 55.6 Å². The van der Waals surface area contributed by atoms with Crippen molar-refractivity contribution in [3.05, 3.63) is 533 Å². The third kappa shape index (κ3) is 21.2. The number of thiophene rings is 2. The maximum atomic E-state index is 11.1. The first-order valence-corrected chi connectivity index (χ1v) is 50.8. The maximum Gasteiger partial charge on any atom is 3.00 e. The number of fused-ring (bicyclic) bond motifs is 18. The quantitative estimate of drug-likeness (QED) is 0.0612. The van der Waals surface area contributed by atoms with Crippen molar-refractivity contribution >= 4 is 177 Å². The molecule has 0 bridgehead atoms. The summed E-state index contributed by atoms with van der Waals surface area (Å²) in [6.07, 6.45) is 10.9. The van der Waals surface area contributed by atoms with Crippen molar-refractivity contribution in [2.75, 3.05) is 0 Å². The number of aromatic nitrogens is 6. The fourth-order valence-electron chi connectivity index (χ4n) is 19.5. The topological polar surface area (TPSA) is 111 Å². The van der Waals surface area contributed by atoms with Gasteiger partial charge in [-0.2, -0.15) is 0 Å². The summed E-state index contributed by atoms with van der Waals surface area (Å²) in [5, 5.41) is 36.3. The van der Waals surface area contributed by atoms with Crippen LogP contribution in [-0.4, -0.2) is 41.5 Å². The minimum Gasteiger partial charge on any atom is -0.868 e. The van der Waals surface area contributed by atoms with E-state index in [1.54, 1.807) is 24.5 Å². The summed E-state index contributed by atoms with van der Waals surface area (Å²) in [6.45, 7) is 6.18. The molecule has 0 saturated heterocycles. The molecule has 0 saturated carbocycles. The number of benzene rings is 20. The van der Waals surface area contributed by atoms with Gasteiger partial charge in [0, 0.05) is 89.0 Å². The van der Waals surface area contributed by atoms with Crippen LogP contribution in [0.5, 0.6) is 11.5 Å². The van der Waals surface area contributed by atoms with Crippen molar-refractivity contribution in [3.63, 3.8) is 0 Å². The van der Waals surface area contributed by atoms with Gasteiger partial charge in [-0.3, -0.25) is 9.97 Å². The molecule has 0 atom stereocenters. The Kier molecular flexibility index (Phi) is 30.6. The van der Waals surface area contributed by atoms with Gasteiger partial charge in [0.15, 0.2) is 6.20 Å². The van der Waals surface area contributed by atoms with E-state index in [4.69, 9.17) is 8.77 Å². The van der Waals surface area contributed by atoms with E-state index in [0.717, 1.165) is 67.1 Å². The van der Waals surface area contributed by atoms with Gasteiger partial charge in [-0.15, -0.1) is 130 Å². The molecule has 0 aliphatic heterocycles. The molecule has 0 spiro atoms. The molecule has 8 aromatic heterocycles. The Morgan fingerprint density at radius 2 is 0.662 bits per heavy atom. The molecule has 1 radical (unpaired) electrons. The van der Waals surface area contributed by atoms with Crippen molar-refractivity contribution in [1.82, 2.24) is 24.9 Å². The van der Waals surface area contributed by atoms with E-state index in [1.165, 1.54) is 194 Å². The number of nitrogens with one attached hydrogen (secondary N) is 1. The second-order valence-corrected chi connectivity index (χ2v) is 38.2. The van der Waals surface area contributed by atoms with Gasteiger partial charge in [-0.05, 0) is 267 Å². The van der Waals surface area contributed by atoms with Crippen LogP contribution in [0, 0.1) is 39.0 Å². The smallest absolute Gasteiger partial charge is 0.868 e. The van der Waals surface area contributed by atoms with Crippen LogP contribution in [0.2, 0.25) is 0 Å². The maximum absolute atomic E-state index is 11.1. The van der Waals surface area contributed by atoms with Crippen LogP contribution in [0.25, 0.3) is 227 Å². The van der Waals surface area contributed by atoms with Gasteiger partial charge < -0.3 is 23.8 Å². The molecule has 8 nitrogen and oxygen atoms in total. The van der Waals surface area contributed by atoms with Crippen LogP contribution in [0.4, 0.5) is 0 Å². The predicted octanol–water partition coefficient (Wildman–Crippen LogP) is 31.6. The molecule has 13 heteroatoms. The fourth-order valence-corrected chi connectivity index (χ4v) is 22.2. The molecule has 0 fully saturated rings. The molecule has 0 aliphatic carbocycles. The molecule has 28 rings (SSSR count). The zero-order valence-electron chi connectivity index (χ0n) is 81.8. The number of pyridine rings is 6. The third-order valence-electron chi connectivity index (χ3n) is 26.6. The molecule has 1 N–H and O–H groups in total. The number of aryl methyl sites for hydroxylation is 3. The van der Waals surface area contributed by atoms with E-state index in [-0.39, 0.29) is 44.7 Å². The summed E-state index contributed by atoms with van der Waals surface area (Å²) < 4.78 is 10.4. The number of rotatable bonds is 9. The zero-order chi connectivity index (χ0) is 98.6. The molecule has 699 valence electrons. The molecular formula is C135H93AlIrLiN6O2S2+. The van der Waals surface area contributed by atoms with E-state index < -0.39 is 0 Å². The van der Waals surface area contributed by atoms with Crippen LogP contribution in [0.1, 0.15) is 16.7 Å². The van der Waals surface area contributed by atoms with Crippen molar-refractivity contribution in [2.45, 2.75) is 20.8 Å². The molecule has 20 aromatic carbocycles. The number of nitrogens with zero attached hydrogens (tertiary/aromatic N) is 5. The first-order valence-electron chi connectivity index (χ1n) is 48.6. The molecule has 0 unspecified atom stereocenters. The third-order valence-corrected chi connectivity index (χ3v) is 29.4. The van der Waals surface area contributed by atoms with Crippen LogP contribution in [-0.2, 0) is 20.1 Å². The second-order valence-electron chi connectivity index (χ2n) is 35.8. The number of hydrogen-bond acceptors (Lipinski definition) is 9. The summed E-state index contributed by atoms with van der Waals surface area (Å²) >= 11 is 5.18. The number of hydrogen-bond donors (Lipinski definition) is 0. The van der Waals surface area contributed by atoms with Gasteiger partial charge in [-0.1, -0.05) is 296 Å². The minimum absolute atomic E-state index is 0. The first-order chi connectivity index (χ1) is 72.0. The molecule has 0 aliphatic rings. The monoisotopic (exact) mass is 2120 g/mol. The van der Waals surface area contributed by atoms with Crippen molar-refractivity contribution < 1.29 is 52.8 Å². The van der Waals surface area contributed by atoms with Crippen molar-refractivity contribution in [1.29, 1.82) is 0 Å². The molecule has 0 amide bonds. The van der Waals surface area contributed by atoms with Crippen molar-refractivity contribution in [3.8, 4) is 101 Å². The summed E-state index contributed by atoms with van der Waals surface area (Å²) in [4.78, 5) is 25.0. The number of para-hydroxylation sites is 2. The van der Waals surface area contributed by atoms with Gasteiger partial charge in [-0.25, -0.2) is 4.98 Å². The molecule has 28 aromatic rings. The zero-order valence-corrected chi connectivity index (χ0v) is 87.2. The van der Waals surface area contributed by atoms with Gasteiger partial charge in [0.1, 0.15) is 11.3 Å². The van der Waals surface area contributed by atoms with E-state index in [1.807, 2.05) is 187 Å². The normalized spacial score (nSPS) is 10.9. The molecule has 148 heavy (non-hydrogen) atoms. The van der Waals surface area contributed by atoms with Crippen LogP contribution in [0.15, 0.2) is 498 Å². The predicted molar refractivity (Wildman–Crippen MR) is 615 cm³/mol. The van der Waals surface area contributed by atoms with Crippen LogP contribution in [0.3, 0.4) is 0 Å². The minimum atomic E-state index is 0. The standard InChI is InChI=1S/C45H27NS.C36H22S.3C12H10N.2C9H7NO.Al.Ir.Li.H/c1-3-9-30-23-33(16-13-28(30)7-1)37-19-20-38(34-17-14-29-8-2-4-10-31(29)24-34)42-27-36-25-35(18-15-32(36)26-41(37)42)44-45-40(21-22-46-44)39-11-5-6-12-43(39)47-45;1-2-13-29-27(11-1)28-12-3-4-14-30(28)34-22-24(19-20-31(29)34)23-9-7-10-25(21-23)26-16-8-17-33-32-15-5-6-18-35(32)37-36(26)33;3*1-10-6-5-9-13-12(10)11-7-3-2-4-8-11;2*11-8-5-1-3-7-4-2-6-10-9(7)8;;;;/h1-27H;1-22H;3*2-7,9H,1H3;2*1-6,11H;;;;/q;;3*-1;;;+1;+3;+1;/p-1. The van der Waals surface area contributed by atoms with Gasteiger partial charge in [0.25, 0.3) is 0 Å². The summed E-state index contributed by atoms with van der Waals surface area (Å²) in [6, 6.07) is 171. The average Bonchev–Trinajstić information content (AvgIpc) is 1.11. The summed E-state index contributed by atoms with van der Waals surface area (Å²) in [5.74, 6) is 0.884. The van der Waals surface area contributed by atoms with Crippen LogP contribution >= 0.6 is 22.7 Å². The average molecular weight is 2120 g/mol. The first kappa shape index (κ1) is 98.8. The Morgan fingerprint density at radius 3 is 1.22 bits per heavy atom. The van der Waals surface area contributed by atoms with Gasteiger partial charge in [0.05, 0.1) is 10.4 Å². The molecule has 8 heterocycles. The Bertz CT molecular complexity index is 9430. The largest absolute Gasteiger partial charge is 3.00 e. The Hall–Kier alpha value is -16.5. The summed E-state index contributed by atoms with van der Waals surface area (Å²) in [7, 11) is 0. The van der Waals surface area contributed by atoms with E-state index >= 15 is 0 Å². The van der Waals surface area contributed by atoms with Crippen LogP contribution < -0.4 is 32.7 Å². The number of aromatic amines is 1. The van der Waals surface area contributed by atoms with E-state index in [9.17, 15) is 5.11 Å². The Morgan fingerprint density at radius 1 is 0.264 bits per heavy atom.